The predicted molar refractivity (Wildman–Crippen MR) is 41.7 cm³/mol. The molecular formula is C8H10NO4-. The molecule has 13 heavy (non-hydrogen) atoms. The maximum Gasteiger partial charge on any atom is 0.303 e. The smallest absolute Gasteiger partial charge is 0.303 e. The second kappa shape index (κ2) is 3.93. The number of hydrogen-bond donors (Lipinski definition) is 0. The number of rotatable bonds is 1. The summed E-state index contributed by atoms with van der Waals surface area (Å²) in [6.45, 7) is 1.73. The van der Waals surface area contributed by atoms with Gasteiger partial charge in [-0.1, -0.05) is 6.08 Å². The minimum absolute atomic E-state index is 0.151. The van der Waals surface area contributed by atoms with Crippen molar-refractivity contribution in [1.29, 1.82) is 0 Å². The lowest BCUT2D eigenvalue weighted by Crippen LogP contribution is -2.47. The first kappa shape index (κ1) is 9.57. The van der Waals surface area contributed by atoms with E-state index in [1.54, 1.807) is 12.2 Å². The van der Waals surface area contributed by atoms with Gasteiger partial charge in [0.2, 0.25) is 0 Å². The minimum Gasteiger partial charge on any atom is -0.530 e. The Morgan fingerprint density at radius 2 is 2.31 bits per heavy atom. The molecule has 0 aromatic rings. The molecular weight excluding hydrogens is 174 g/mol. The maximum atomic E-state index is 10.6. The second-order valence-corrected chi connectivity index (χ2v) is 2.75. The molecule has 5 nitrogen and oxygen atoms in total. The van der Waals surface area contributed by atoms with Crippen molar-refractivity contribution in [1.82, 2.24) is 4.90 Å². The predicted octanol–water partition coefficient (Wildman–Crippen LogP) is -0.867. The Kier molecular flexibility index (Phi) is 2.89. The molecule has 0 aromatic heterocycles. The van der Waals surface area contributed by atoms with Gasteiger partial charge >= 0.3 is 5.97 Å². The van der Waals surface area contributed by atoms with Crippen LogP contribution in [0.5, 0.6) is 0 Å². The van der Waals surface area contributed by atoms with E-state index in [-0.39, 0.29) is 6.54 Å². The van der Waals surface area contributed by atoms with E-state index in [4.69, 9.17) is 4.74 Å². The van der Waals surface area contributed by atoms with Crippen LogP contribution < -0.4 is 5.11 Å². The molecule has 1 amide bonds. The molecule has 5 heteroatoms. The van der Waals surface area contributed by atoms with E-state index in [2.05, 4.69) is 0 Å². The van der Waals surface area contributed by atoms with Crippen molar-refractivity contribution in [2.75, 3.05) is 13.1 Å². The lowest BCUT2D eigenvalue weighted by Gasteiger charge is -2.30. The number of hydrogen-bond acceptors (Lipinski definition) is 4. The van der Waals surface area contributed by atoms with E-state index in [1.165, 1.54) is 6.92 Å². The summed E-state index contributed by atoms with van der Waals surface area (Å²) >= 11 is 0. The number of ether oxygens (including phenoxy) is 1. The molecule has 0 spiro atoms. The van der Waals surface area contributed by atoms with Gasteiger partial charge in [-0.05, 0) is 6.08 Å². The lowest BCUT2D eigenvalue weighted by molar-refractivity contribution is -0.266. The van der Waals surface area contributed by atoms with Gasteiger partial charge in [-0.3, -0.25) is 4.79 Å². The van der Waals surface area contributed by atoms with E-state index < -0.39 is 18.2 Å². The van der Waals surface area contributed by atoms with E-state index in [9.17, 15) is 14.7 Å². The van der Waals surface area contributed by atoms with Crippen molar-refractivity contribution < 1.29 is 19.4 Å². The van der Waals surface area contributed by atoms with Gasteiger partial charge in [0.15, 0.2) is 0 Å². The van der Waals surface area contributed by atoms with Gasteiger partial charge in [0.05, 0.1) is 6.54 Å². The topological polar surface area (TPSA) is 69.7 Å². The summed E-state index contributed by atoms with van der Waals surface area (Å²) in [5.74, 6) is -0.421. The number of carbonyl (C=O) groups is 2. The summed E-state index contributed by atoms with van der Waals surface area (Å²) in [6.07, 6.45) is 1.57. The molecule has 1 atom stereocenters. The number of carboxylic acid groups (broad SMARTS) is 1. The Hall–Kier alpha value is -1.52. The Morgan fingerprint density at radius 1 is 1.62 bits per heavy atom. The highest BCUT2D eigenvalue weighted by molar-refractivity contribution is 5.67. The second-order valence-electron chi connectivity index (χ2n) is 2.75. The van der Waals surface area contributed by atoms with E-state index >= 15 is 0 Å². The molecule has 1 heterocycles. The zero-order chi connectivity index (χ0) is 9.84. The third-order valence-electron chi connectivity index (χ3n) is 1.65. The van der Waals surface area contributed by atoms with Crippen LogP contribution in [0.15, 0.2) is 12.2 Å². The SMILES string of the molecule is CC(=O)OC1C=CCN(C(=O)[O-])C1. The van der Waals surface area contributed by atoms with Crippen molar-refractivity contribution in [3.63, 3.8) is 0 Å². The fourth-order valence-corrected chi connectivity index (χ4v) is 1.13. The Balaban J connectivity index is 2.51. The fraction of sp³-hybridized carbons (Fsp3) is 0.500. The summed E-state index contributed by atoms with van der Waals surface area (Å²) in [7, 11) is 0. The van der Waals surface area contributed by atoms with Gasteiger partial charge in [-0.15, -0.1) is 0 Å². The summed E-state index contributed by atoms with van der Waals surface area (Å²) < 4.78 is 4.81. The molecule has 0 saturated heterocycles. The number of amides is 1. The van der Waals surface area contributed by atoms with Gasteiger partial charge in [-0.25, -0.2) is 0 Å². The lowest BCUT2D eigenvalue weighted by atomic mass is 10.2. The van der Waals surface area contributed by atoms with Gasteiger partial charge in [0.25, 0.3) is 0 Å². The molecule has 1 aliphatic heterocycles. The molecule has 72 valence electrons. The maximum absolute atomic E-state index is 10.6. The minimum atomic E-state index is -1.25. The van der Waals surface area contributed by atoms with Crippen LogP contribution in [0.25, 0.3) is 0 Å². The monoisotopic (exact) mass is 184 g/mol. The Labute approximate surface area is 75.6 Å². The highest BCUT2D eigenvalue weighted by atomic mass is 16.5. The van der Waals surface area contributed by atoms with Crippen LogP contribution in [-0.4, -0.2) is 36.2 Å². The van der Waals surface area contributed by atoms with Gasteiger partial charge in [0, 0.05) is 13.5 Å². The first-order chi connectivity index (χ1) is 6.09. The quantitative estimate of drug-likeness (QED) is 0.392. The van der Waals surface area contributed by atoms with Crippen LogP contribution in [0.4, 0.5) is 4.79 Å². The molecule has 0 saturated carbocycles. The van der Waals surface area contributed by atoms with E-state index in [0.717, 1.165) is 4.90 Å². The summed E-state index contributed by atoms with van der Waals surface area (Å²) in [6, 6.07) is 0. The first-order valence-corrected chi connectivity index (χ1v) is 3.89. The molecule has 0 aliphatic carbocycles. The van der Waals surface area contributed by atoms with E-state index in [1.807, 2.05) is 0 Å². The van der Waals surface area contributed by atoms with Crippen molar-refractivity contribution >= 4 is 12.1 Å². The average Bonchev–Trinajstić information content (AvgIpc) is 2.03. The van der Waals surface area contributed by atoms with Crippen molar-refractivity contribution in [2.45, 2.75) is 13.0 Å². The molecule has 0 aromatic carbocycles. The van der Waals surface area contributed by atoms with Crippen LogP contribution in [0.1, 0.15) is 6.92 Å². The normalized spacial score (nSPS) is 21.3. The third-order valence-corrected chi connectivity index (χ3v) is 1.65. The zero-order valence-corrected chi connectivity index (χ0v) is 7.23. The Bertz CT molecular complexity index is 249. The van der Waals surface area contributed by atoms with Crippen molar-refractivity contribution in [2.24, 2.45) is 0 Å². The number of esters is 1. The molecule has 1 aliphatic rings. The summed E-state index contributed by atoms with van der Waals surface area (Å²) in [5.41, 5.74) is 0. The standard InChI is InChI=1S/C8H11NO4/c1-6(10)13-7-3-2-4-9(5-7)8(11)12/h2-3,7H,4-5H2,1H3,(H,11,12)/p-1. The fourth-order valence-electron chi connectivity index (χ4n) is 1.13. The largest absolute Gasteiger partial charge is 0.530 e. The Morgan fingerprint density at radius 3 is 2.85 bits per heavy atom. The highest BCUT2D eigenvalue weighted by Crippen LogP contribution is 2.05. The molecule has 0 radical (unpaired) electrons. The third kappa shape index (κ3) is 2.77. The van der Waals surface area contributed by atoms with E-state index in [0.29, 0.717) is 6.54 Å². The number of nitrogens with zero attached hydrogens (tertiary/aromatic N) is 1. The van der Waals surface area contributed by atoms with Crippen LogP contribution in [0.3, 0.4) is 0 Å². The summed E-state index contributed by atoms with van der Waals surface area (Å²) in [5, 5.41) is 10.4. The van der Waals surface area contributed by atoms with Crippen LogP contribution in [0.2, 0.25) is 0 Å². The molecule has 1 rings (SSSR count). The molecule has 1 unspecified atom stereocenters. The zero-order valence-electron chi connectivity index (χ0n) is 7.23. The van der Waals surface area contributed by atoms with Crippen LogP contribution >= 0.6 is 0 Å². The first-order valence-electron chi connectivity index (χ1n) is 3.89. The summed E-state index contributed by atoms with van der Waals surface area (Å²) in [4.78, 5) is 22.1. The number of carbonyl (C=O) groups excluding carboxylic acids is 2. The van der Waals surface area contributed by atoms with Crippen molar-refractivity contribution in [3.8, 4) is 0 Å². The molecule has 0 fully saturated rings. The average molecular weight is 184 g/mol. The van der Waals surface area contributed by atoms with Gasteiger partial charge in [-0.2, -0.15) is 0 Å². The van der Waals surface area contributed by atoms with Gasteiger partial charge < -0.3 is 19.5 Å². The van der Waals surface area contributed by atoms with Gasteiger partial charge in [0.1, 0.15) is 12.2 Å². The van der Waals surface area contributed by atoms with Crippen LogP contribution in [-0.2, 0) is 9.53 Å². The van der Waals surface area contributed by atoms with Crippen molar-refractivity contribution in [3.05, 3.63) is 12.2 Å². The molecule has 0 N–H and O–H groups in total. The highest BCUT2D eigenvalue weighted by Gasteiger charge is 2.16. The van der Waals surface area contributed by atoms with Crippen LogP contribution in [0, 0.1) is 0 Å². The molecule has 0 bridgehead atoms.